The van der Waals surface area contributed by atoms with E-state index in [4.69, 9.17) is 160 Å². The summed E-state index contributed by atoms with van der Waals surface area (Å²) in [6, 6.07) is -3.95. The number of ether oxygens (including phenoxy) is 20. The van der Waals surface area contributed by atoms with Gasteiger partial charge in [-0.05, 0) is 170 Å². The number of Topliss-reactive ketones (excluding diaryl/α,β-unsaturated/α-hetero) is 2. The number of ketones is 2. The standard InChI is InChI=1S/C43H73N9O11.C28H44Cl3N7O7.C17H31N3O5.2CO2/c1-15-28-18(4)19(5)31(47-50-44)42(56-28)62-37-21(7)23(9)40(63-38(37)26(12)53)61-36-25(11)33(49-52-46)43(58-30(36)17-3)59-34-20(6)22(8)39(55-27(34)13)60-35-24(10)32(48-51-45)41(54-14)57-29(35)16-2;1-9-17-11(3)12(4)19(35-37-33)25(40-17)43-22-13(5)14(6)24(44-23(22)16(8)39)42-21-15(7)20(36-38-34)26(41-18(21)10-2)45-27(32)28(29,30)31;1-7-12-15(10(4)13(19-20-18)17(22-6)24-12)25-16-9(3)8(2)14(21)11(5)23-16;2*2-1-3/h18-25,27-43H,15-17H2,1-14H3;11-15,17-26,32H,9-10H2,1-8H3;8-17,21H,7H2,1-6H3;;/t18-,19-,20+,21+,22?,23?,24+,25+,27?,28-,29?,30-,31?,32?,33?,34-,35-,36-,37-,38-,39-,40+,41-,42+,43+;11-,12-,13+,14?,15+,17-,18-,19?,20?,21-,22-,23-,24+,25+,26+;8-,9?,10-,11?,12?,13?,14+,15+,16+,17+;;/m001../s1. The van der Waals surface area contributed by atoms with E-state index in [2.05, 4.69) is 80.9 Å². The minimum atomic E-state index is -2.14. The highest BCUT2D eigenvalue weighted by Gasteiger charge is 2.58. The van der Waals surface area contributed by atoms with E-state index in [9.17, 15) is 42.4 Å². The number of carbonyl (C=O) groups is 2. The largest absolute Gasteiger partial charge is 0.448 e. The van der Waals surface area contributed by atoms with Crippen LogP contribution in [-0.2, 0) is 124 Å². The fourth-order valence-electron chi connectivity index (χ4n) is 20.5. The Morgan fingerprint density at radius 3 is 0.827 bits per heavy atom. The molecule has 139 heavy (non-hydrogen) atoms. The fourth-order valence-corrected chi connectivity index (χ4v) is 20.7. The normalized spacial score (nSPS) is 44.1. The van der Waals surface area contributed by atoms with Crippen molar-refractivity contribution < 1.29 is 129 Å². The SMILES string of the molecule is CCC1O[C@H](OC)C(N=[N+]=[N-])[C@@H](C)[C@@H]1O[C@@H]1OC(C)[C@@H](O)[C@H](C)C1C.CCC1O[C@H](OC)C(N=[N+]=[N-])[C@@H](C)[C@@H]1O[C@@H]1OC(C)[C@@H](O[C@H]2O[C@@H](CC)[C@@H](O[C@@H]3O[C@@H](C(C)=O)[C@@H](O[C@H]4O[C@@H](CC)[C@@H](C)[C@H](C)C4N=[N+]=[N-])[C@H](C)C3C)[C@H](C)C2N=[N+]=[N-])[C@H](C)C1C.CC[C@@H]1O[C@H](O[C@H]2[C@H](C)C(C)[C@H](O[C@@H]3[C@H](CC)O[C@H](OC(=N)C(Cl)(Cl)Cl)C(N=[N+]=[N-])[C@H]3C)O[C@H]2C(C)=O)C(N=[N+]=[N-])[C@@H](C)[C@@H]1C.O=C=O.O=C=O. The topological polar surface area (TPSA) is 624 Å². The highest BCUT2D eigenvalue weighted by atomic mass is 35.6. The van der Waals surface area contributed by atoms with Crippen LogP contribution in [0.15, 0.2) is 30.7 Å². The van der Waals surface area contributed by atoms with E-state index in [1.807, 2.05) is 138 Å². The maximum Gasteiger partial charge on any atom is 0.373 e. The molecule has 0 amide bonds. The van der Waals surface area contributed by atoms with Crippen molar-refractivity contribution in [3.63, 3.8) is 0 Å². The van der Waals surface area contributed by atoms with Crippen molar-refractivity contribution in [2.45, 2.75) is 431 Å². The van der Waals surface area contributed by atoms with Crippen LogP contribution in [0.4, 0.5) is 0 Å². The lowest BCUT2D eigenvalue weighted by molar-refractivity contribution is -0.353. The zero-order chi connectivity index (χ0) is 104. The van der Waals surface area contributed by atoms with Crippen LogP contribution >= 0.6 is 34.8 Å². The smallest absolute Gasteiger partial charge is 0.373 e. The van der Waals surface area contributed by atoms with E-state index in [0.29, 0.717) is 19.3 Å². The van der Waals surface area contributed by atoms with Gasteiger partial charge in [0.15, 0.2) is 68.2 Å². The highest BCUT2D eigenvalue weighted by Crippen LogP contribution is 2.49. The first kappa shape index (κ1) is 121. The van der Waals surface area contributed by atoms with Crippen LogP contribution < -0.4 is 0 Å². The van der Waals surface area contributed by atoms with Crippen molar-refractivity contribution in [3.8, 4) is 0 Å². The van der Waals surface area contributed by atoms with E-state index >= 15 is 0 Å². The Labute approximate surface area is 828 Å². The molecule has 0 radical (unpaired) electrons. The van der Waals surface area contributed by atoms with Crippen LogP contribution in [0.3, 0.4) is 0 Å². The lowest BCUT2D eigenvalue weighted by Crippen LogP contribution is -2.61. The third-order valence-electron chi connectivity index (χ3n) is 30.4. The number of azide groups is 6. The predicted molar refractivity (Wildman–Crippen MR) is 499 cm³/mol. The number of hydrogen-bond acceptors (Lipinski definition) is 34. The molecule has 14 unspecified atom stereocenters. The molecular formula is C90H148Cl3N19O27. The van der Waals surface area contributed by atoms with E-state index in [1.165, 1.54) is 21.0 Å². The van der Waals surface area contributed by atoms with Crippen LogP contribution in [-0.4, -0.2) is 262 Å². The van der Waals surface area contributed by atoms with Crippen molar-refractivity contribution in [3.05, 3.63) is 62.7 Å². The molecular weight excluding hydrogens is 1890 g/mol. The highest BCUT2D eigenvalue weighted by molar-refractivity contribution is 6.76. The van der Waals surface area contributed by atoms with Crippen LogP contribution in [0, 0.1) is 100 Å². The molecule has 46 nitrogen and oxygen atoms in total. The maximum absolute atomic E-state index is 13.3. The number of alkyl halides is 3. The number of methoxy groups -OCH3 is 2. The Morgan fingerprint density at radius 2 is 0.547 bits per heavy atom. The Morgan fingerprint density at radius 1 is 0.317 bits per heavy atom. The summed E-state index contributed by atoms with van der Waals surface area (Å²) in [7, 11) is 3.07. The third kappa shape index (κ3) is 29.5. The van der Waals surface area contributed by atoms with Gasteiger partial charge in [0.2, 0.25) is 12.2 Å². The Kier molecular flexibility index (Phi) is 49.6. The molecule has 0 aromatic carbocycles. The number of aliphatic hydroxyl groups is 1. The molecule has 0 bridgehead atoms. The molecule has 50 atom stereocenters. The summed E-state index contributed by atoms with van der Waals surface area (Å²) in [6.07, 6.45) is -12.2. The van der Waals surface area contributed by atoms with Gasteiger partial charge in [0.05, 0.1) is 128 Å². The van der Waals surface area contributed by atoms with Gasteiger partial charge < -0.3 is 99.8 Å². The van der Waals surface area contributed by atoms with Gasteiger partial charge in [0.1, 0.15) is 18.2 Å². The minimum absolute atomic E-state index is 0.0113. The van der Waals surface area contributed by atoms with E-state index in [1.54, 1.807) is 14.0 Å². The zero-order valence-electron chi connectivity index (χ0n) is 84.9. The summed E-state index contributed by atoms with van der Waals surface area (Å²) >= 11 is 17.4. The monoisotopic (exact) mass is 2030 g/mol. The van der Waals surface area contributed by atoms with Gasteiger partial charge in [-0.15, -0.1) is 0 Å². The molecule has 10 rings (SSSR count). The summed E-state index contributed by atoms with van der Waals surface area (Å²) in [5.41, 5.74) is 56.0. The molecule has 10 fully saturated rings. The fraction of sp³-hybridized carbons (Fsp3) is 0.944. The first-order valence-electron chi connectivity index (χ1n) is 48.2. The van der Waals surface area contributed by atoms with E-state index in [0.717, 1.165) is 19.3 Å². The molecule has 10 saturated heterocycles. The second-order valence-electron chi connectivity index (χ2n) is 38.4. The van der Waals surface area contributed by atoms with Crippen LogP contribution in [0.2, 0.25) is 0 Å². The number of rotatable bonds is 31. The molecule has 10 heterocycles. The molecule has 0 saturated carbocycles. The summed E-state index contributed by atoms with van der Waals surface area (Å²) in [4.78, 5) is 77.1. The Bertz CT molecular complexity index is 4250. The van der Waals surface area contributed by atoms with Gasteiger partial charge in [0, 0.05) is 67.4 Å². The summed E-state index contributed by atoms with van der Waals surface area (Å²) in [5.74, 6) is -3.27. The van der Waals surface area contributed by atoms with Gasteiger partial charge >= 0.3 is 12.3 Å². The van der Waals surface area contributed by atoms with Crippen LogP contribution in [0.25, 0.3) is 62.7 Å². The number of nitrogens with one attached hydrogen (secondary N) is 1. The van der Waals surface area contributed by atoms with Crippen LogP contribution in [0.1, 0.15) is 219 Å². The summed E-state index contributed by atoms with van der Waals surface area (Å²) < 4.78 is 123. The quantitative estimate of drug-likeness (QED) is 0.0162. The lowest BCUT2D eigenvalue weighted by Gasteiger charge is -2.51. The van der Waals surface area contributed by atoms with Gasteiger partial charge in [0.25, 0.3) is 3.79 Å². The van der Waals surface area contributed by atoms with Gasteiger partial charge in [-0.25, -0.2) is 0 Å². The average Bonchev–Trinajstić information content (AvgIpc) is 0.761. The van der Waals surface area contributed by atoms with E-state index in [-0.39, 0.29) is 143 Å². The van der Waals surface area contributed by atoms with Crippen molar-refractivity contribution in [2.75, 3.05) is 14.2 Å². The molecule has 0 aromatic rings. The van der Waals surface area contributed by atoms with Crippen LogP contribution in [0.5, 0.6) is 0 Å². The number of aliphatic hydroxyl groups excluding tert-OH is 1. The Hall–Kier alpha value is -6.50. The van der Waals surface area contributed by atoms with Crippen molar-refractivity contribution in [1.82, 2.24) is 0 Å². The van der Waals surface area contributed by atoms with Gasteiger partial charge in [-0.1, -0.05) is 218 Å². The first-order chi connectivity index (χ1) is 65.8. The zero-order valence-corrected chi connectivity index (χ0v) is 87.1. The van der Waals surface area contributed by atoms with Crippen molar-refractivity contribution in [1.29, 1.82) is 5.41 Å². The number of halogens is 3. The molecule has 10 aliphatic heterocycles. The molecule has 10 aliphatic rings. The van der Waals surface area contributed by atoms with E-state index < -0.39 is 194 Å². The molecule has 2 N–H and O–H groups in total. The number of nitrogens with zero attached hydrogens (tertiary/aromatic N) is 18. The van der Waals surface area contributed by atoms with Crippen molar-refractivity contribution in [2.24, 2.45) is 125 Å². The second-order valence-corrected chi connectivity index (χ2v) is 40.7. The third-order valence-corrected chi connectivity index (χ3v) is 30.9. The summed E-state index contributed by atoms with van der Waals surface area (Å²) in [5, 5.41) is 42.2. The average molecular weight is 2030 g/mol. The molecule has 0 aliphatic carbocycles. The molecule has 0 spiro atoms. The summed E-state index contributed by atoms with van der Waals surface area (Å²) in [6.45, 7) is 50.6. The lowest BCUT2D eigenvalue weighted by atomic mass is 9.80. The molecule has 0 aromatic heterocycles. The Balaban J connectivity index is 0.000000337. The van der Waals surface area contributed by atoms with Gasteiger partial charge in [-0.2, -0.15) is 19.2 Å². The molecule has 49 heteroatoms. The number of hydrogen-bond donors (Lipinski definition) is 2. The first-order valence-corrected chi connectivity index (χ1v) is 49.4. The van der Waals surface area contributed by atoms with Crippen molar-refractivity contribution >= 4 is 64.6 Å². The van der Waals surface area contributed by atoms with Gasteiger partial charge in [-0.3, -0.25) is 15.0 Å². The maximum atomic E-state index is 13.3. The predicted octanol–water partition coefficient (Wildman–Crippen LogP) is 17.7. The number of carbonyl (C=O) groups excluding carboxylic acids is 6. The molecule has 786 valence electrons. The second kappa shape index (κ2) is 56.8. The minimum Gasteiger partial charge on any atom is -0.448 e.